The van der Waals surface area contributed by atoms with Crippen LogP contribution in [-0.2, 0) is 0 Å². The molecular formula is C18H18F3N5. The van der Waals surface area contributed by atoms with Crippen LogP contribution in [-0.4, -0.2) is 26.6 Å². The van der Waals surface area contributed by atoms with E-state index < -0.39 is 17.5 Å². The minimum absolute atomic E-state index is 0.0712. The minimum Gasteiger partial charge on any atom is -0.372 e. The molecule has 4 rings (SSSR count). The van der Waals surface area contributed by atoms with Crippen molar-refractivity contribution in [3.63, 3.8) is 0 Å². The van der Waals surface area contributed by atoms with E-state index >= 15 is 0 Å². The van der Waals surface area contributed by atoms with Crippen molar-refractivity contribution in [2.45, 2.75) is 38.0 Å². The predicted octanol–water partition coefficient (Wildman–Crippen LogP) is 4.30. The molecule has 2 aromatic heterocycles. The number of fused-ring (bicyclic) bond motifs is 1. The third kappa shape index (κ3) is 2.69. The molecule has 0 spiro atoms. The van der Waals surface area contributed by atoms with Crippen LogP contribution >= 0.6 is 0 Å². The Morgan fingerprint density at radius 2 is 1.73 bits per heavy atom. The average molecular weight is 361 g/mol. The lowest BCUT2D eigenvalue weighted by molar-refractivity contribution is 0.431. The zero-order valence-corrected chi connectivity index (χ0v) is 14.3. The summed E-state index contributed by atoms with van der Waals surface area (Å²) in [7, 11) is 1.63. The van der Waals surface area contributed by atoms with Gasteiger partial charge in [0.15, 0.2) is 0 Å². The fourth-order valence-corrected chi connectivity index (χ4v) is 3.83. The van der Waals surface area contributed by atoms with Crippen molar-refractivity contribution in [3.05, 3.63) is 41.6 Å². The van der Waals surface area contributed by atoms with Crippen molar-refractivity contribution in [1.29, 1.82) is 0 Å². The van der Waals surface area contributed by atoms with Crippen LogP contribution in [0.2, 0.25) is 0 Å². The highest BCUT2D eigenvalue weighted by atomic mass is 19.1. The van der Waals surface area contributed by atoms with Crippen molar-refractivity contribution in [2.75, 3.05) is 12.4 Å². The first-order valence-corrected chi connectivity index (χ1v) is 8.66. The molecule has 0 atom stereocenters. The van der Waals surface area contributed by atoms with Gasteiger partial charge in [0.25, 0.3) is 5.78 Å². The Bertz CT molecular complexity index is 940. The highest BCUT2D eigenvalue weighted by Crippen LogP contribution is 2.42. The quantitative estimate of drug-likeness (QED) is 0.756. The predicted molar refractivity (Wildman–Crippen MR) is 91.5 cm³/mol. The molecule has 8 heteroatoms. The molecule has 1 aliphatic rings. The van der Waals surface area contributed by atoms with Gasteiger partial charge in [0.1, 0.15) is 29.6 Å². The maximum atomic E-state index is 14.6. The fraction of sp³-hybridized carbons (Fsp3) is 0.389. The first-order chi connectivity index (χ1) is 12.6. The number of hydrogen-bond acceptors (Lipinski definition) is 4. The zero-order chi connectivity index (χ0) is 18.3. The molecule has 1 aromatic carbocycles. The summed E-state index contributed by atoms with van der Waals surface area (Å²) in [5, 5.41) is 7.13. The smallest absolute Gasteiger partial charge is 0.254 e. The molecule has 0 aliphatic heterocycles. The standard InChI is InChI=1S/C18H18F3N5/c1-22-17-15(14-12(20)7-11(19)8-13(14)21)16(10-5-3-2-4-6-10)26-18(25-17)23-9-24-26/h7-10H,2-6H2,1H3,(H,22,23,24,25). The average Bonchev–Trinajstić information content (AvgIpc) is 3.09. The van der Waals surface area contributed by atoms with Gasteiger partial charge in [-0.3, -0.25) is 0 Å². The van der Waals surface area contributed by atoms with Crippen molar-refractivity contribution >= 4 is 11.6 Å². The van der Waals surface area contributed by atoms with Crippen molar-refractivity contribution in [3.8, 4) is 11.1 Å². The van der Waals surface area contributed by atoms with Gasteiger partial charge in [0.05, 0.1) is 16.8 Å². The number of nitrogens with zero attached hydrogens (tertiary/aromatic N) is 4. The van der Waals surface area contributed by atoms with Crippen LogP contribution in [0, 0.1) is 17.5 Å². The Balaban J connectivity index is 2.07. The lowest BCUT2D eigenvalue weighted by atomic mass is 9.83. The molecule has 26 heavy (non-hydrogen) atoms. The van der Waals surface area contributed by atoms with Gasteiger partial charge >= 0.3 is 0 Å². The molecule has 1 aliphatic carbocycles. The van der Waals surface area contributed by atoms with Gasteiger partial charge in [-0.05, 0) is 12.8 Å². The third-order valence-corrected chi connectivity index (χ3v) is 4.95. The fourth-order valence-electron chi connectivity index (χ4n) is 3.83. The largest absolute Gasteiger partial charge is 0.372 e. The Morgan fingerprint density at radius 1 is 1.04 bits per heavy atom. The second-order valence-electron chi connectivity index (χ2n) is 6.52. The lowest BCUT2D eigenvalue weighted by Gasteiger charge is -2.26. The summed E-state index contributed by atoms with van der Waals surface area (Å²) < 4.78 is 44.2. The SMILES string of the molecule is CNc1nc2ncnn2c(C2CCCCC2)c1-c1c(F)cc(F)cc1F. The normalized spacial score (nSPS) is 15.5. The first kappa shape index (κ1) is 16.8. The topological polar surface area (TPSA) is 55.1 Å². The second-order valence-corrected chi connectivity index (χ2v) is 6.52. The van der Waals surface area contributed by atoms with Crippen LogP contribution in [0.25, 0.3) is 16.9 Å². The number of halogens is 3. The van der Waals surface area contributed by atoms with Gasteiger partial charge in [-0.2, -0.15) is 15.1 Å². The van der Waals surface area contributed by atoms with Crippen LogP contribution in [0.5, 0.6) is 0 Å². The molecule has 1 saturated carbocycles. The van der Waals surface area contributed by atoms with Crippen LogP contribution in [0.1, 0.15) is 43.7 Å². The van der Waals surface area contributed by atoms with E-state index in [0.29, 0.717) is 29.4 Å². The molecule has 3 aromatic rings. The molecule has 5 nitrogen and oxygen atoms in total. The summed E-state index contributed by atoms with van der Waals surface area (Å²) >= 11 is 0. The number of anilines is 1. The number of benzene rings is 1. The Labute approximate surface area is 148 Å². The van der Waals surface area contributed by atoms with Gasteiger partial charge in [-0.15, -0.1) is 0 Å². The Morgan fingerprint density at radius 3 is 2.38 bits per heavy atom. The van der Waals surface area contributed by atoms with Crippen LogP contribution < -0.4 is 5.32 Å². The monoisotopic (exact) mass is 361 g/mol. The molecule has 136 valence electrons. The Hall–Kier alpha value is -2.64. The molecule has 1 fully saturated rings. The van der Waals surface area contributed by atoms with Crippen LogP contribution in [0.15, 0.2) is 18.5 Å². The molecule has 0 saturated heterocycles. The van der Waals surface area contributed by atoms with E-state index in [0.717, 1.165) is 32.1 Å². The Kier molecular flexibility index (Phi) is 4.26. The number of nitrogens with one attached hydrogen (secondary N) is 1. The van der Waals surface area contributed by atoms with Crippen LogP contribution in [0.4, 0.5) is 19.0 Å². The van der Waals surface area contributed by atoms with E-state index in [4.69, 9.17) is 0 Å². The van der Waals surface area contributed by atoms with Gasteiger partial charge < -0.3 is 5.32 Å². The lowest BCUT2D eigenvalue weighted by Crippen LogP contribution is -2.15. The van der Waals surface area contributed by atoms with Gasteiger partial charge in [-0.1, -0.05) is 19.3 Å². The van der Waals surface area contributed by atoms with Crippen LogP contribution in [0.3, 0.4) is 0 Å². The molecular weight excluding hydrogens is 343 g/mol. The molecule has 0 bridgehead atoms. The van der Waals surface area contributed by atoms with Gasteiger partial charge in [0, 0.05) is 25.1 Å². The van der Waals surface area contributed by atoms with E-state index in [9.17, 15) is 13.2 Å². The summed E-state index contributed by atoms with van der Waals surface area (Å²) in [6.07, 6.45) is 6.35. The number of hydrogen-bond donors (Lipinski definition) is 1. The first-order valence-electron chi connectivity index (χ1n) is 8.66. The molecule has 0 amide bonds. The van der Waals surface area contributed by atoms with Crippen molar-refractivity contribution in [1.82, 2.24) is 19.6 Å². The maximum absolute atomic E-state index is 14.6. The van der Waals surface area contributed by atoms with Gasteiger partial charge in [-0.25, -0.2) is 17.7 Å². The van der Waals surface area contributed by atoms with E-state index in [1.807, 2.05) is 0 Å². The number of rotatable bonds is 3. The highest BCUT2D eigenvalue weighted by molar-refractivity contribution is 5.80. The second kappa shape index (κ2) is 6.59. The summed E-state index contributed by atoms with van der Waals surface area (Å²) in [6.45, 7) is 0. The third-order valence-electron chi connectivity index (χ3n) is 4.95. The van der Waals surface area contributed by atoms with E-state index in [1.54, 1.807) is 11.6 Å². The van der Waals surface area contributed by atoms with Gasteiger partial charge in [0.2, 0.25) is 0 Å². The summed E-state index contributed by atoms with van der Waals surface area (Å²) in [6, 6.07) is 1.38. The number of aromatic nitrogens is 4. The van der Waals surface area contributed by atoms with E-state index in [1.165, 1.54) is 6.33 Å². The molecule has 1 N–H and O–H groups in total. The maximum Gasteiger partial charge on any atom is 0.254 e. The summed E-state index contributed by atoms with van der Waals surface area (Å²) in [5.41, 5.74) is 0.662. The van der Waals surface area contributed by atoms with Crippen molar-refractivity contribution < 1.29 is 13.2 Å². The zero-order valence-electron chi connectivity index (χ0n) is 14.3. The highest BCUT2D eigenvalue weighted by Gasteiger charge is 2.29. The van der Waals surface area contributed by atoms with E-state index in [-0.39, 0.29) is 17.0 Å². The van der Waals surface area contributed by atoms with Crippen molar-refractivity contribution in [2.24, 2.45) is 0 Å². The summed E-state index contributed by atoms with van der Waals surface area (Å²) in [5.74, 6) is -2.14. The molecule has 0 unspecified atom stereocenters. The van der Waals surface area contributed by atoms with E-state index in [2.05, 4.69) is 20.4 Å². The molecule has 2 heterocycles. The molecule has 0 radical (unpaired) electrons. The minimum atomic E-state index is -0.961. The summed E-state index contributed by atoms with van der Waals surface area (Å²) in [4.78, 5) is 8.47.